The van der Waals surface area contributed by atoms with Gasteiger partial charge in [0.2, 0.25) is 0 Å². The fraction of sp³-hybridized carbons (Fsp3) is 0.583. The van der Waals surface area contributed by atoms with Gasteiger partial charge in [-0.2, -0.15) is 0 Å². The Labute approximate surface area is 110 Å². The second-order valence-corrected chi connectivity index (χ2v) is 5.35. The molecule has 0 bridgehead atoms. The first kappa shape index (κ1) is 14.8. The van der Waals surface area contributed by atoms with Gasteiger partial charge in [0.15, 0.2) is 5.16 Å². The lowest BCUT2D eigenvalue weighted by Gasteiger charge is -2.06. The second kappa shape index (κ2) is 7.20. The van der Waals surface area contributed by atoms with Crippen molar-refractivity contribution in [3.63, 3.8) is 0 Å². The quantitative estimate of drug-likeness (QED) is 0.484. The van der Waals surface area contributed by atoms with E-state index in [-0.39, 0.29) is 17.3 Å². The van der Waals surface area contributed by atoms with Gasteiger partial charge in [0.1, 0.15) is 0 Å². The number of hydrogen-bond donors (Lipinski definition) is 1. The zero-order chi connectivity index (χ0) is 13.5. The number of aromatic amines is 1. The van der Waals surface area contributed by atoms with Gasteiger partial charge in [-0.15, -0.1) is 0 Å². The molecule has 0 saturated carbocycles. The van der Waals surface area contributed by atoms with Crippen molar-refractivity contribution < 1.29 is 9.53 Å². The van der Waals surface area contributed by atoms with Gasteiger partial charge in [0.05, 0.1) is 12.4 Å². The van der Waals surface area contributed by atoms with Crippen LogP contribution in [-0.2, 0) is 9.53 Å². The monoisotopic (exact) mass is 270 g/mol. The van der Waals surface area contributed by atoms with Gasteiger partial charge in [0, 0.05) is 11.8 Å². The number of aromatic nitrogens is 2. The van der Waals surface area contributed by atoms with Gasteiger partial charge in [0.25, 0.3) is 5.56 Å². The van der Waals surface area contributed by atoms with E-state index in [1.165, 1.54) is 17.8 Å². The summed E-state index contributed by atoms with van der Waals surface area (Å²) in [4.78, 5) is 29.3. The van der Waals surface area contributed by atoms with E-state index < -0.39 is 0 Å². The minimum Gasteiger partial charge on any atom is -0.465 e. The number of nitrogens with zero attached hydrogens (tertiary/aromatic N) is 1. The fourth-order valence-corrected chi connectivity index (χ4v) is 1.92. The number of hydrogen-bond acceptors (Lipinski definition) is 5. The second-order valence-electron chi connectivity index (χ2n) is 4.38. The highest BCUT2D eigenvalue weighted by Crippen LogP contribution is 2.11. The van der Waals surface area contributed by atoms with E-state index in [0.29, 0.717) is 23.4 Å². The molecule has 1 aromatic heterocycles. The summed E-state index contributed by atoms with van der Waals surface area (Å²) in [5.41, 5.74) is 0.424. The standard InChI is InChI=1S/C12H18N2O3S/c1-8(2)4-5-17-11(16)7-18-12-13-9(3)6-10(15)14-12/h6,8H,4-5,7H2,1-3H3,(H,13,14,15). The number of H-pyrrole nitrogens is 1. The van der Waals surface area contributed by atoms with Crippen LogP contribution in [0.5, 0.6) is 0 Å². The minimum absolute atomic E-state index is 0.157. The summed E-state index contributed by atoms with van der Waals surface area (Å²) in [7, 11) is 0. The lowest BCUT2D eigenvalue weighted by atomic mass is 10.1. The maximum absolute atomic E-state index is 11.4. The molecular formula is C12H18N2O3S. The highest BCUT2D eigenvalue weighted by Gasteiger charge is 2.06. The average molecular weight is 270 g/mol. The third-order valence-electron chi connectivity index (χ3n) is 2.13. The number of carbonyl (C=O) groups is 1. The Morgan fingerprint density at radius 1 is 1.56 bits per heavy atom. The molecule has 1 rings (SSSR count). The van der Waals surface area contributed by atoms with Crippen LogP contribution in [0.3, 0.4) is 0 Å². The van der Waals surface area contributed by atoms with Crippen LogP contribution < -0.4 is 5.56 Å². The zero-order valence-corrected chi connectivity index (χ0v) is 11.7. The summed E-state index contributed by atoms with van der Waals surface area (Å²) >= 11 is 1.17. The zero-order valence-electron chi connectivity index (χ0n) is 10.9. The molecule has 100 valence electrons. The maximum Gasteiger partial charge on any atom is 0.316 e. The first-order valence-electron chi connectivity index (χ1n) is 5.83. The summed E-state index contributed by atoms with van der Waals surface area (Å²) in [6.45, 7) is 6.32. The maximum atomic E-state index is 11.4. The highest BCUT2D eigenvalue weighted by molar-refractivity contribution is 7.99. The Bertz CT molecular complexity index is 457. The molecular weight excluding hydrogens is 252 g/mol. The molecule has 18 heavy (non-hydrogen) atoms. The van der Waals surface area contributed by atoms with Crippen molar-refractivity contribution in [3.05, 3.63) is 22.1 Å². The van der Waals surface area contributed by atoms with Crippen molar-refractivity contribution >= 4 is 17.7 Å². The Morgan fingerprint density at radius 2 is 2.28 bits per heavy atom. The van der Waals surface area contributed by atoms with E-state index in [2.05, 4.69) is 23.8 Å². The summed E-state index contributed by atoms with van der Waals surface area (Å²) in [5, 5.41) is 0.445. The molecule has 6 heteroatoms. The third kappa shape index (κ3) is 5.86. The number of ether oxygens (including phenoxy) is 1. The average Bonchev–Trinajstić information content (AvgIpc) is 2.24. The molecule has 0 aromatic carbocycles. The number of thioether (sulfide) groups is 1. The SMILES string of the molecule is Cc1cc(=O)[nH]c(SCC(=O)OCCC(C)C)n1. The summed E-state index contributed by atoms with van der Waals surface area (Å²) in [6.07, 6.45) is 0.857. The number of nitrogens with one attached hydrogen (secondary N) is 1. The van der Waals surface area contributed by atoms with E-state index in [4.69, 9.17) is 4.74 Å². The van der Waals surface area contributed by atoms with E-state index >= 15 is 0 Å². The predicted octanol–water partition coefficient (Wildman–Crippen LogP) is 1.76. The molecule has 0 radical (unpaired) electrons. The summed E-state index contributed by atoms with van der Waals surface area (Å²) in [6, 6.07) is 1.41. The third-order valence-corrected chi connectivity index (χ3v) is 2.98. The first-order valence-corrected chi connectivity index (χ1v) is 6.82. The van der Waals surface area contributed by atoms with E-state index in [1.807, 2.05) is 0 Å². The largest absolute Gasteiger partial charge is 0.465 e. The van der Waals surface area contributed by atoms with Crippen molar-refractivity contribution in [2.24, 2.45) is 5.92 Å². The van der Waals surface area contributed by atoms with Crippen molar-refractivity contribution in [1.82, 2.24) is 9.97 Å². The Balaban J connectivity index is 2.36. The molecule has 0 spiro atoms. The van der Waals surface area contributed by atoms with Crippen molar-refractivity contribution in [1.29, 1.82) is 0 Å². The van der Waals surface area contributed by atoms with E-state index in [0.717, 1.165) is 6.42 Å². The van der Waals surface area contributed by atoms with Crippen LogP contribution in [0, 0.1) is 12.8 Å². The molecule has 0 amide bonds. The molecule has 5 nitrogen and oxygen atoms in total. The Hall–Kier alpha value is -1.30. The molecule has 0 aliphatic heterocycles. The fourth-order valence-electron chi connectivity index (χ4n) is 1.20. The van der Waals surface area contributed by atoms with Crippen LogP contribution in [0.4, 0.5) is 0 Å². The summed E-state index contributed by atoms with van der Waals surface area (Å²) < 4.78 is 5.06. The molecule has 1 heterocycles. The normalized spacial score (nSPS) is 10.7. The van der Waals surface area contributed by atoms with Crippen LogP contribution in [0.25, 0.3) is 0 Å². The molecule has 0 fully saturated rings. The number of carbonyl (C=O) groups excluding carboxylic acids is 1. The number of aryl methyl sites for hydroxylation is 1. The van der Waals surface area contributed by atoms with Crippen molar-refractivity contribution in [2.45, 2.75) is 32.3 Å². The Morgan fingerprint density at radius 3 is 2.89 bits per heavy atom. The molecule has 0 aliphatic carbocycles. The van der Waals surface area contributed by atoms with Crippen LogP contribution >= 0.6 is 11.8 Å². The van der Waals surface area contributed by atoms with Gasteiger partial charge < -0.3 is 9.72 Å². The summed E-state index contributed by atoms with van der Waals surface area (Å²) in [5.74, 6) is 0.384. The van der Waals surface area contributed by atoms with Crippen molar-refractivity contribution in [3.8, 4) is 0 Å². The van der Waals surface area contributed by atoms with Crippen LogP contribution in [0.1, 0.15) is 26.0 Å². The molecule has 0 saturated heterocycles. The molecule has 0 atom stereocenters. The highest BCUT2D eigenvalue weighted by atomic mass is 32.2. The van der Waals surface area contributed by atoms with Crippen LogP contribution in [0.2, 0.25) is 0 Å². The van der Waals surface area contributed by atoms with E-state index in [9.17, 15) is 9.59 Å². The van der Waals surface area contributed by atoms with Gasteiger partial charge in [-0.3, -0.25) is 9.59 Å². The van der Waals surface area contributed by atoms with Crippen LogP contribution in [-0.4, -0.2) is 28.3 Å². The van der Waals surface area contributed by atoms with Gasteiger partial charge in [-0.25, -0.2) is 4.98 Å². The van der Waals surface area contributed by atoms with Crippen LogP contribution in [0.15, 0.2) is 16.0 Å². The topological polar surface area (TPSA) is 72.0 Å². The van der Waals surface area contributed by atoms with Gasteiger partial charge in [-0.05, 0) is 19.3 Å². The lowest BCUT2D eigenvalue weighted by molar-refractivity contribution is -0.140. The Kier molecular flexibility index (Phi) is 5.91. The predicted molar refractivity (Wildman–Crippen MR) is 70.7 cm³/mol. The molecule has 1 aromatic rings. The first-order chi connectivity index (χ1) is 8.47. The molecule has 0 aliphatic rings. The molecule has 0 unspecified atom stereocenters. The number of esters is 1. The lowest BCUT2D eigenvalue weighted by Crippen LogP contribution is -2.12. The van der Waals surface area contributed by atoms with E-state index in [1.54, 1.807) is 6.92 Å². The van der Waals surface area contributed by atoms with Gasteiger partial charge in [-0.1, -0.05) is 25.6 Å². The minimum atomic E-state index is -0.287. The smallest absolute Gasteiger partial charge is 0.316 e. The molecule has 1 N–H and O–H groups in total. The van der Waals surface area contributed by atoms with Gasteiger partial charge >= 0.3 is 5.97 Å². The van der Waals surface area contributed by atoms with Crippen molar-refractivity contribution in [2.75, 3.05) is 12.4 Å². The number of rotatable bonds is 6.